The van der Waals surface area contributed by atoms with Crippen LogP contribution in [0.2, 0.25) is 39.3 Å². The molecule has 5 heterocycles. The second-order valence-electron chi connectivity index (χ2n) is 18.6. The molecule has 0 saturated heterocycles. The third-order valence-corrected chi connectivity index (χ3v) is 17.2. The Morgan fingerprint density at radius 3 is 1.10 bits per heavy atom. The molecule has 11 rings (SSSR count). The molecule has 0 aliphatic rings. The van der Waals surface area contributed by atoms with Crippen molar-refractivity contribution in [3.63, 3.8) is 0 Å². The van der Waals surface area contributed by atoms with Crippen LogP contribution in [0.15, 0.2) is 268 Å². The van der Waals surface area contributed by atoms with Crippen LogP contribution < -0.4 is 31.8 Å². The van der Waals surface area contributed by atoms with Gasteiger partial charge in [0.1, 0.15) is 33.7 Å². The van der Waals surface area contributed by atoms with Crippen LogP contribution in [0, 0.1) is 35.3 Å². The predicted octanol–water partition coefficient (Wildman–Crippen LogP) is 15.7. The minimum Gasteiger partial charge on any atom is -0.0622 e. The number of fused-ring (bicyclic) bond motifs is 1. The first-order valence-electron chi connectivity index (χ1n) is 24.9. The minimum absolute atomic E-state index is 0.106. The molecule has 0 spiro atoms. The number of hydrogen-bond donors (Lipinski definition) is 1. The topological polar surface area (TPSA) is 93.9 Å². The average Bonchev–Trinajstić information content (AvgIpc) is 4.36. The molecule has 0 saturated carbocycles. The number of rotatable bonds is 6. The number of aromatic amines is 1. The summed E-state index contributed by atoms with van der Waals surface area (Å²) in [5.41, 5.74) is 7.92. The molecule has 0 fully saturated rings. The fourth-order valence-corrected chi connectivity index (χ4v) is 11.9. The average molecular weight is 1320 g/mol. The first-order valence-corrected chi connectivity index (χ1v) is 39.4. The molecule has 408 valence electrons. The number of halogens is 3. The maximum Gasteiger partial charge on any atom is -0.0134 e. The van der Waals surface area contributed by atoms with E-state index in [9.17, 15) is 0 Å². The normalized spacial score (nSPS) is 10.2. The summed E-state index contributed by atoms with van der Waals surface area (Å²) in [7, 11) is 6.40. The summed E-state index contributed by atoms with van der Waals surface area (Å²) in [6.07, 6.45) is 13.0. The minimum atomic E-state index is -1.23. The third kappa shape index (κ3) is 24.4. The van der Waals surface area contributed by atoms with Crippen LogP contribution in [-0.4, -0.2) is 36.1 Å². The molecular weight excluding hydrogens is 1260 g/mol. The van der Waals surface area contributed by atoms with Gasteiger partial charge in [-0.3, -0.25) is 0 Å². The van der Waals surface area contributed by atoms with Gasteiger partial charge in [0.05, 0.1) is 25.1 Å². The quantitative estimate of drug-likeness (QED) is 0.101. The van der Waals surface area contributed by atoms with Crippen LogP contribution in [0.25, 0.3) is 11.2 Å². The number of furan rings is 3. The van der Waals surface area contributed by atoms with E-state index in [0.29, 0.717) is 17.1 Å². The van der Waals surface area contributed by atoms with Gasteiger partial charge < -0.3 is 18.2 Å². The van der Waals surface area contributed by atoms with Gasteiger partial charge in [0.15, 0.2) is 21.8 Å². The Balaban J connectivity index is 0.000000183. The van der Waals surface area contributed by atoms with E-state index in [1.54, 1.807) is 37.2 Å². The molecule has 15 heteroatoms. The molecule has 5 aromatic heterocycles. The second-order valence-corrected chi connectivity index (χ2v) is 35.7. The van der Waals surface area contributed by atoms with Crippen LogP contribution in [0.1, 0.15) is 17.2 Å². The SMILES string of the molecule is Brc1ccco1.C#C[Si](C)(C)C.C(#Cc1ncnc2nc[nH]c12)c1ccco1.C[Si](C)(C)C#Cc1ccco1.[Cl][Pd][Cl].c1ccc(P(c2ccccc2)c2ccccc2)cc1.c1ccc(P(c2ccccc2)c2ccccc2)cc1. The summed E-state index contributed by atoms with van der Waals surface area (Å²) < 4.78 is 15.7. The van der Waals surface area contributed by atoms with Crippen molar-refractivity contribution < 1.29 is 29.2 Å². The van der Waals surface area contributed by atoms with Crippen LogP contribution in [0.3, 0.4) is 0 Å². The van der Waals surface area contributed by atoms with E-state index in [2.05, 4.69) is 286 Å². The smallest absolute Gasteiger partial charge is 0.0134 e. The monoisotopic (exact) mass is 1320 g/mol. The van der Waals surface area contributed by atoms with Crippen LogP contribution in [0.4, 0.5) is 0 Å². The number of benzene rings is 6. The Hall–Kier alpha value is -6.59. The Kier molecular flexibility index (Phi) is 28.8. The van der Waals surface area contributed by atoms with Crippen LogP contribution >= 0.6 is 50.8 Å². The zero-order valence-corrected chi connectivity index (χ0v) is 53.6. The summed E-state index contributed by atoms with van der Waals surface area (Å²) in [5.74, 6) is 10.2. The molecule has 1 N–H and O–H groups in total. The summed E-state index contributed by atoms with van der Waals surface area (Å²) in [6, 6.07) is 75.6. The number of hydrogen-bond acceptors (Lipinski definition) is 6. The van der Waals surface area contributed by atoms with E-state index < -0.39 is 32.0 Å². The van der Waals surface area contributed by atoms with Crippen LogP contribution in [-0.2, 0) is 15.9 Å². The van der Waals surface area contributed by atoms with Crippen molar-refractivity contribution in [3.8, 4) is 35.3 Å². The zero-order chi connectivity index (χ0) is 57.3. The van der Waals surface area contributed by atoms with E-state index in [1.165, 1.54) is 38.2 Å². The molecule has 0 amide bonds. The predicted molar refractivity (Wildman–Crippen MR) is 346 cm³/mol. The van der Waals surface area contributed by atoms with Crippen molar-refractivity contribution >= 4 is 110 Å². The van der Waals surface area contributed by atoms with Gasteiger partial charge in [0.2, 0.25) is 0 Å². The molecule has 0 atom stereocenters. The maximum absolute atomic E-state index is 5.12. The van der Waals surface area contributed by atoms with E-state index in [1.807, 2.05) is 24.3 Å². The van der Waals surface area contributed by atoms with Crippen molar-refractivity contribution in [1.82, 2.24) is 19.9 Å². The van der Waals surface area contributed by atoms with Gasteiger partial charge in [-0.05, 0) is 118 Å². The maximum atomic E-state index is 5.12. The standard InChI is InChI=1S/2C18H15P.C11H6N4O.C9H12OSi.C5H10Si.C4H3BrO.2ClH.Pd/c2*1-4-10-16(11-5-1)19(17-12-6-2-7-13-17)18-14-8-3-9-15-18;1-2-8(16-5-1)3-4-9-10-11(14-6-12-9)15-7-13-10;1-11(2,3)8-6-9-5-4-7-10-9;1-5-6(2,3)4;5-4-2-1-3-6-4;;;/h2*1-15H;1-2,5-7H,(H,12,13,14,15);4-5,7H,1-3H3;1H,2-4H3;1-3H;2*1H;/q;;;;;;;;+2/p-2. The molecule has 0 aliphatic heterocycles. The van der Waals surface area contributed by atoms with E-state index in [4.69, 9.17) is 38.7 Å². The fraction of sp³-hybridized carbons (Fsp3) is 0.0923. The Morgan fingerprint density at radius 1 is 0.463 bits per heavy atom. The van der Waals surface area contributed by atoms with Crippen molar-refractivity contribution in [2.45, 2.75) is 39.3 Å². The number of nitrogens with zero attached hydrogens (tertiary/aromatic N) is 3. The van der Waals surface area contributed by atoms with E-state index in [-0.39, 0.29) is 15.9 Å². The van der Waals surface area contributed by atoms with Crippen molar-refractivity contribution in [1.29, 1.82) is 0 Å². The van der Waals surface area contributed by atoms with Gasteiger partial charge in [0, 0.05) is 0 Å². The Morgan fingerprint density at radius 2 is 0.812 bits per heavy atom. The molecule has 7 nitrogen and oxygen atoms in total. The van der Waals surface area contributed by atoms with Gasteiger partial charge in [-0.2, -0.15) is 0 Å². The molecular formula is C65H61BrCl2N4O3P2PdSi2. The molecule has 0 unspecified atom stereocenters. The number of H-pyrrole nitrogens is 1. The summed E-state index contributed by atoms with van der Waals surface area (Å²) in [5, 5.41) is 8.39. The van der Waals surface area contributed by atoms with Crippen molar-refractivity contribution in [3.05, 3.63) is 272 Å². The van der Waals surface area contributed by atoms with E-state index >= 15 is 0 Å². The second kappa shape index (κ2) is 35.9. The van der Waals surface area contributed by atoms with Gasteiger partial charge >= 0.3 is 35.0 Å². The number of terminal acetylenes is 1. The van der Waals surface area contributed by atoms with Crippen molar-refractivity contribution in [2.24, 2.45) is 0 Å². The summed E-state index contributed by atoms with van der Waals surface area (Å²) in [4.78, 5) is 15.1. The first-order chi connectivity index (χ1) is 38.8. The largest absolute Gasteiger partial charge is 0.0622 e. The summed E-state index contributed by atoms with van der Waals surface area (Å²) in [6.45, 7) is 13.1. The molecule has 0 aliphatic carbocycles. The van der Waals surface area contributed by atoms with E-state index in [0.717, 1.165) is 15.9 Å². The Bertz CT molecular complexity index is 3250. The molecule has 11 aromatic rings. The van der Waals surface area contributed by atoms with Gasteiger partial charge in [-0.25, -0.2) is 15.0 Å². The molecule has 6 aromatic carbocycles. The summed E-state index contributed by atoms with van der Waals surface area (Å²) >= 11 is 3.01. The van der Waals surface area contributed by atoms with Gasteiger partial charge in [0.25, 0.3) is 0 Å². The molecule has 80 heavy (non-hydrogen) atoms. The third-order valence-electron chi connectivity index (χ3n) is 10.1. The van der Waals surface area contributed by atoms with Crippen LogP contribution in [0.5, 0.6) is 0 Å². The van der Waals surface area contributed by atoms with Crippen molar-refractivity contribution in [2.75, 3.05) is 0 Å². The zero-order valence-electron chi connectivity index (χ0n) is 45.2. The molecule has 0 radical (unpaired) electrons. The Labute approximate surface area is 501 Å². The first kappa shape index (κ1) is 64.2. The number of aromatic nitrogens is 4. The number of nitrogens with one attached hydrogen (secondary N) is 1. The number of imidazole rings is 1. The fourth-order valence-electron chi connectivity index (χ4n) is 6.54. The molecule has 0 bridgehead atoms. The van der Waals surface area contributed by atoms with Gasteiger partial charge in [-0.15, -0.1) is 17.5 Å². The van der Waals surface area contributed by atoms with Gasteiger partial charge in [-0.1, -0.05) is 221 Å².